The molecule has 1 saturated heterocycles. The predicted molar refractivity (Wildman–Crippen MR) is 136 cm³/mol. The van der Waals surface area contributed by atoms with Crippen molar-refractivity contribution in [2.45, 2.75) is 13.8 Å². The zero-order chi connectivity index (χ0) is 23.0. The maximum atomic E-state index is 13.4. The number of carbonyl (C=O) groups excluding carboxylic acids is 1. The van der Waals surface area contributed by atoms with E-state index in [2.05, 4.69) is 0 Å². The van der Waals surface area contributed by atoms with E-state index in [9.17, 15) is 9.90 Å². The lowest BCUT2D eigenvalue weighted by Crippen LogP contribution is -2.28. The van der Waals surface area contributed by atoms with Crippen LogP contribution in [0, 0.1) is 13.8 Å². The standard InChI is InChI=1S/C24H17Cl3N2O2S/c1-13-3-6-16(11-18(13)25)28-24-29(17-7-4-14(2)19(26)12-17)23(31)22(32-24)10-15-5-8-21(30)20(27)9-15/h3-12,30H,1-2H3. The zero-order valence-electron chi connectivity index (χ0n) is 17.1. The number of carbonyl (C=O) groups is 1. The molecule has 0 radical (unpaired) electrons. The number of halogens is 3. The summed E-state index contributed by atoms with van der Waals surface area (Å²) in [5.74, 6) is -0.260. The maximum Gasteiger partial charge on any atom is 0.271 e. The number of phenolic OH excluding ortho intramolecular Hbond substituents is 1. The first-order chi connectivity index (χ1) is 15.2. The smallest absolute Gasteiger partial charge is 0.271 e. The molecule has 0 aliphatic carbocycles. The number of benzene rings is 3. The number of anilines is 1. The van der Waals surface area contributed by atoms with E-state index in [1.54, 1.807) is 30.3 Å². The van der Waals surface area contributed by atoms with Gasteiger partial charge in [-0.05, 0) is 84.8 Å². The summed E-state index contributed by atoms with van der Waals surface area (Å²) in [6, 6.07) is 15.7. The molecule has 4 nitrogen and oxygen atoms in total. The molecule has 0 aromatic heterocycles. The minimum atomic E-state index is -0.240. The van der Waals surface area contributed by atoms with Crippen molar-refractivity contribution < 1.29 is 9.90 Å². The van der Waals surface area contributed by atoms with Gasteiger partial charge in [0.1, 0.15) is 5.75 Å². The molecular formula is C24H17Cl3N2O2S. The second kappa shape index (κ2) is 9.20. The number of amides is 1. The van der Waals surface area contributed by atoms with Crippen molar-refractivity contribution in [3.63, 3.8) is 0 Å². The van der Waals surface area contributed by atoms with Crippen molar-refractivity contribution in [2.75, 3.05) is 4.90 Å². The first-order valence-electron chi connectivity index (χ1n) is 9.56. The highest BCUT2D eigenvalue weighted by atomic mass is 35.5. The molecule has 0 atom stereocenters. The van der Waals surface area contributed by atoms with Gasteiger partial charge in [-0.2, -0.15) is 0 Å². The molecule has 3 aromatic carbocycles. The summed E-state index contributed by atoms with van der Waals surface area (Å²) in [6.45, 7) is 3.81. The van der Waals surface area contributed by atoms with Crippen molar-refractivity contribution in [3.8, 4) is 5.75 Å². The summed E-state index contributed by atoms with van der Waals surface area (Å²) < 4.78 is 0. The molecule has 1 heterocycles. The van der Waals surface area contributed by atoms with E-state index in [1.165, 1.54) is 22.7 Å². The molecule has 1 aliphatic rings. The van der Waals surface area contributed by atoms with E-state index < -0.39 is 0 Å². The molecule has 0 spiro atoms. The normalized spacial score (nSPS) is 16.4. The van der Waals surface area contributed by atoms with Gasteiger partial charge in [0.05, 0.1) is 21.3 Å². The minimum Gasteiger partial charge on any atom is -0.506 e. The largest absolute Gasteiger partial charge is 0.506 e. The summed E-state index contributed by atoms with van der Waals surface area (Å²) in [5, 5.41) is 11.5. The Hall–Kier alpha value is -2.44. The molecule has 3 aromatic rings. The van der Waals surface area contributed by atoms with Gasteiger partial charge in [0.2, 0.25) is 0 Å². The molecule has 0 saturated carbocycles. The van der Waals surface area contributed by atoms with Crippen molar-refractivity contribution in [1.82, 2.24) is 0 Å². The number of nitrogens with zero attached hydrogens (tertiary/aromatic N) is 2. The first-order valence-corrected chi connectivity index (χ1v) is 11.5. The Morgan fingerprint density at radius 1 is 0.906 bits per heavy atom. The number of aliphatic imine (C=N–C) groups is 1. The molecule has 1 fully saturated rings. The fourth-order valence-corrected chi connectivity index (χ4v) is 4.56. The topological polar surface area (TPSA) is 52.9 Å². The summed E-state index contributed by atoms with van der Waals surface area (Å²) in [6.07, 6.45) is 1.71. The van der Waals surface area contributed by atoms with Crippen LogP contribution in [0.3, 0.4) is 0 Å². The number of amidine groups is 1. The summed E-state index contributed by atoms with van der Waals surface area (Å²) in [4.78, 5) is 20.1. The van der Waals surface area contributed by atoms with Crippen LogP contribution in [-0.4, -0.2) is 16.2 Å². The molecule has 4 rings (SSSR count). The van der Waals surface area contributed by atoms with Gasteiger partial charge in [0.15, 0.2) is 5.17 Å². The van der Waals surface area contributed by atoms with Crippen LogP contribution in [0.25, 0.3) is 6.08 Å². The van der Waals surface area contributed by atoms with Crippen molar-refractivity contribution in [2.24, 2.45) is 4.99 Å². The molecule has 162 valence electrons. The molecule has 0 unspecified atom stereocenters. The monoisotopic (exact) mass is 502 g/mol. The number of rotatable bonds is 3. The molecule has 1 aliphatic heterocycles. The van der Waals surface area contributed by atoms with Crippen LogP contribution < -0.4 is 4.90 Å². The lowest BCUT2D eigenvalue weighted by molar-refractivity contribution is -0.113. The average Bonchev–Trinajstić information content (AvgIpc) is 3.04. The van der Waals surface area contributed by atoms with Crippen LogP contribution in [0.15, 0.2) is 64.5 Å². The second-order valence-electron chi connectivity index (χ2n) is 7.22. The third kappa shape index (κ3) is 4.66. The number of hydrogen-bond acceptors (Lipinski definition) is 4. The molecule has 1 N–H and O–H groups in total. The average molecular weight is 504 g/mol. The van der Waals surface area contributed by atoms with Crippen molar-refractivity contribution in [1.29, 1.82) is 0 Å². The van der Waals surface area contributed by atoms with Gasteiger partial charge in [-0.15, -0.1) is 0 Å². The molecule has 1 amide bonds. The molecule has 8 heteroatoms. The first kappa shape index (κ1) is 22.7. The van der Waals surface area contributed by atoms with E-state index in [0.717, 1.165) is 11.1 Å². The Balaban J connectivity index is 1.81. The fraction of sp³-hybridized carbons (Fsp3) is 0.0833. The number of aryl methyl sites for hydroxylation is 2. The molecule has 0 bridgehead atoms. The summed E-state index contributed by atoms with van der Waals surface area (Å²) in [7, 11) is 0. The van der Waals surface area contributed by atoms with Crippen molar-refractivity contribution >= 4 is 75.1 Å². The number of hydrogen-bond donors (Lipinski definition) is 1. The van der Waals surface area contributed by atoms with Crippen LogP contribution in [0.1, 0.15) is 16.7 Å². The summed E-state index contributed by atoms with van der Waals surface area (Å²) >= 11 is 19.9. The van der Waals surface area contributed by atoms with Crippen LogP contribution in [0.5, 0.6) is 5.75 Å². The van der Waals surface area contributed by atoms with E-state index in [0.29, 0.717) is 37.1 Å². The van der Waals surface area contributed by atoms with Gasteiger partial charge in [0, 0.05) is 10.0 Å². The van der Waals surface area contributed by atoms with Gasteiger partial charge in [-0.3, -0.25) is 9.69 Å². The quantitative estimate of drug-likeness (QED) is 0.371. The Morgan fingerprint density at radius 2 is 1.59 bits per heavy atom. The van der Waals surface area contributed by atoms with Gasteiger partial charge in [-0.1, -0.05) is 53.0 Å². The third-order valence-corrected chi connectivity index (χ3v) is 6.96. The van der Waals surface area contributed by atoms with Crippen LogP contribution >= 0.6 is 46.6 Å². The predicted octanol–water partition coefficient (Wildman–Crippen LogP) is 7.78. The number of phenols is 1. The van der Waals surface area contributed by atoms with Gasteiger partial charge in [-0.25, -0.2) is 4.99 Å². The van der Waals surface area contributed by atoms with Gasteiger partial charge in [0.25, 0.3) is 5.91 Å². The Kier molecular flexibility index (Phi) is 6.54. The Labute approximate surface area is 205 Å². The van der Waals surface area contributed by atoms with E-state index in [4.69, 9.17) is 39.8 Å². The fourth-order valence-electron chi connectivity index (χ4n) is 3.02. The highest BCUT2D eigenvalue weighted by Gasteiger charge is 2.35. The van der Waals surface area contributed by atoms with Gasteiger partial charge >= 0.3 is 0 Å². The minimum absolute atomic E-state index is 0.0198. The number of thioether (sulfide) groups is 1. The lowest BCUT2D eigenvalue weighted by atomic mass is 10.2. The highest BCUT2D eigenvalue weighted by molar-refractivity contribution is 8.19. The maximum absolute atomic E-state index is 13.4. The van der Waals surface area contributed by atoms with E-state index >= 15 is 0 Å². The van der Waals surface area contributed by atoms with Crippen molar-refractivity contribution in [3.05, 3.63) is 91.3 Å². The van der Waals surface area contributed by atoms with Crippen LogP contribution in [-0.2, 0) is 4.79 Å². The third-order valence-electron chi connectivity index (χ3n) is 4.87. The van der Waals surface area contributed by atoms with Gasteiger partial charge < -0.3 is 5.11 Å². The summed E-state index contributed by atoms with van der Waals surface area (Å²) in [5.41, 5.74) is 3.78. The Bertz CT molecular complexity index is 1300. The van der Waals surface area contributed by atoms with E-state index in [-0.39, 0.29) is 16.7 Å². The highest BCUT2D eigenvalue weighted by Crippen LogP contribution is 2.39. The zero-order valence-corrected chi connectivity index (χ0v) is 20.1. The second-order valence-corrected chi connectivity index (χ2v) is 9.45. The molecular weight excluding hydrogens is 487 g/mol. The number of aromatic hydroxyl groups is 1. The SMILES string of the molecule is Cc1ccc(N=C2SC(=Cc3ccc(O)c(Cl)c3)C(=O)N2c2ccc(C)c(Cl)c2)cc1Cl. The lowest BCUT2D eigenvalue weighted by Gasteiger charge is -2.16. The van der Waals surface area contributed by atoms with Crippen LogP contribution in [0.4, 0.5) is 11.4 Å². The van der Waals surface area contributed by atoms with Crippen LogP contribution in [0.2, 0.25) is 15.1 Å². The Morgan fingerprint density at radius 3 is 2.25 bits per heavy atom. The van der Waals surface area contributed by atoms with E-state index in [1.807, 2.05) is 38.1 Å². The molecule has 32 heavy (non-hydrogen) atoms.